The van der Waals surface area contributed by atoms with E-state index < -0.39 is 0 Å². The summed E-state index contributed by atoms with van der Waals surface area (Å²) in [5, 5.41) is 3.17. The van der Waals surface area contributed by atoms with Gasteiger partial charge in [0, 0.05) is 33.2 Å². The molecular formula is C12H22N6. The summed E-state index contributed by atoms with van der Waals surface area (Å²) in [4.78, 5) is 17.6. The van der Waals surface area contributed by atoms with Crippen molar-refractivity contribution in [3.63, 3.8) is 0 Å². The number of hydrogen-bond donors (Lipinski definition) is 1. The van der Waals surface area contributed by atoms with Gasteiger partial charge < -0.3 is 15.1 Å². The first-order valence-electron chi connectivity index (χ1n) is 6.59. The topological polar surface area (TPSA) is 57.2 Å². The minimum absolute atomic E-state index is 0.613. The van der Waals surface area contributed by atoms with Crippen molar-refractivity contribution in [3.05, 3.63) is 0 Å². The molecule has 0 saturated heterocycles. The Hall–Kier alpha value is -1.59. The highest BCUT2D eigenvalue weighted by molar-refractivity contribution is 5.45. The van der Waals surface area contributed by atoms with Gasteiger partial charge in [-0.15, -0.1) is 0 Å². The average molecular weight is 250 g/mol. The Kier molecular flexibility index (Phi) is 3.84. The summed E-state index contributed by atoms with van der Waals surface area (Å²) in [6.07, 6.45) is 2.49. The lowest BCUT2D eigenvalue weighted by Gasteiger charge is -2.22. The van der Waals surface area contributed by atoms with Crippen molar-refractivity contribution in [3.8, 4) is 0 Å². The lowest BCUT2D eigenvalue weighted by Crippen LogP contribution is -2.28. The van der Waals surface area contributed by atoms with Crippen LogP contribution in [0.15, 0.2) is 0 Å². The molecule has 2 rings (SSSR count). The molecule has 1 aliphatic rings. The zero-order valence-corrected chi connectivity index (χ0v) is 11.6. The van der Waals surface area contributed by atoms with Gasteiger partial charge >= 0.3 is 0 Å². The SMILES string of the molecule is CCNc1nc(N(C)C)nc(N(CC)C2CC2)n1. The van der Waals surface area contributed by atoms with E-state index in [0.717, 1.165) is 19.0 Å². The van der Waals surface area contributed by atoms with E-state index in [1.165, 1.54) is 12.8 Å². The van der Waals surface area contributed by atoms with E-state index >= 15 is 0 Å². The van der Waals surface area contributed by atoms with Gasteiger partial charge in [0.1, 0.15) is 0 Å². The molecule has 1 aliphatic carbocycles. The quantitative estimate of drug-likeness (QED) is 0.822. The van der Waals surface area contributed by atoms with Crippen LogP contribution in [0.5, 0.6) is 0 Å². The minimum atomic E-state index is 0.613. The third-order valence-corrected chi connectivity index (χ3v) is 2.93. The van der Waals surface area contributed by atoms with Gasteiger partial charge in [0.05, 0.1) is 0 Å². The predicted octanol–water partition coefficient (Wildman–Crippen LogP) is 1.36. The molecule has 0 amide bonds. The Balaban J connectivity index is 2.31. The van der Waals surface area contributed by atoms with Crippen LogP contribution >= 0.6 is 0 Å². The van der Waals surface area contributed by atoms with Crippen molar-refractivity contribution >= 4 is 17.8 Å². The van der Waals surface area contributed by atoms with Crippen molar-refractivity contribution in [1.82, 2.24) is 15.0 Å². The van der Waals surface area contributed by atoms with Crippen LogP contribution in [-0.2, 0) is 0 Å². The third kappa shape index (κ3) is 2.80. The first-order valence-corrected chi connectivity index (χ1v) is 6.59. The molecule has 1 heterocycles. The second kappa shape index (κ2) is 5.37. The highest BCUT2D eigenvalue weighted by Crippen LogP contribution is 2.30. The van der Waals surface area contributed by atoms with Crippen molar-refractivity contribution in [1.29, 1.82) is 0 Å². The highest BCUT2D eigenvalue weighted by atomic mass is 15.4. The monoisotopic (exact) mass is 250 g/mol. The number of nitrogens with zero attached hydrogens (tertiary/aromatic N) is 5. The van der Waals surface area contributed by atoms with Crippen LogP contribution in [-0.4, -0.2) is 48.2 Å². The number of hydrogen-bond acceptors (Lipinski definition) is 6. The van der Waals surface area contributed by atoms with E-state index in [1.54, 1.807) is 0 Å². The van der Waals surface area contributed by atoms with E-state index in [9.17, 15) is 0 Å². The zero-order valence-electron chi connectivity index (χ0n) is 11.6. The molecule has 0 bridgehead atoms. The largest absolute Gasteiger partial charge is 0.354 e. The number of aromatic nitrogens is 3. The minimum Gasteiger partial charge on any atom is -0.354 e. The lowest BCUT2D eigenvalue weighted by molar-refractivity contribution is 0.776. The molecule has 1 aromatic heterocycles. The maximum atomic E-state index is 4.54. The standard InChI is InChI=1S/C12H22N6/c1-5-13-10-14-11(17(3)4)16-12(15-10)18(6-2)9-7-8-9/h9H,5-8H2,1-4H3,(H,13,14,15,16). The van der Waals surface area contributed by atoms with Crippen LogP contribution in [0, 0.1) is 0 Å². The maximum Gasteiger partial charge on any atom is 0.232 e. The number of anilines is 3. The molecule has 0 aromatic carbocycles. The second-order valence-corrected chi connectivity index (χ2v) is 4.70. The normalized spacial score (nSPS) is 14.4. The van der Waals surface area contributed by atoms with Gasteiger partial charge in [-0.1, -0.05) is 0 Å². The van der Waals surface area contributed by atoms with E-state index in [4.69, 9.17) is 0 Å². The first-order chi connectivity index (χ1) is 8.65. The number of nitrogens with one attached hydrogen (secondary N) is 1. The fraction of sp³-hybridized carbons (Fsp3) is 0.750. The van der Waals surface area contributed by atoms with E-state index in [1.807, 2.05) is 25.9 Å². The maximum absolute atomic E-state index is 4.54. The summed E-state index contributed by atoms with van der Waals surface area (Å²) in [5.74, 6) is 2.15. The van der Waals surface area contributed by atoms with Crippen LogP contribution in [0.2, 0.25) is 0 Å². The molecule has 0 atom stereocenters. The molecular weight excluding hydrogens is 228 g/mol. The molecule has 18 heavy (non-hydrogen) atoms. The highest BCUT2D eigenvalue weighted by Gasteiger charge is 2.30. The average Bonchev–Trinajstić information content (AvgIpc) is 3.14. The summed E-state index contributed by atoms with van der Waals surface area (Å²) in [6.45, 7) is 5.93. The van der Waals surface area contributed by atoms with E-state index in [2.05, 4.69) is 32.1 Å². The Labute approximate surface area is 108 Å². The third-order valence-electron chi connectivity index (χ3n) is 2.93. The van der Waals surface area contributed by atoms with Crippen molar-refractivity contribution in [2.24, 2.45) is 0 Å². The van der Waals surface area contributed by atoms with Crippen LogP contribution in [0.3, 0.4) is 0 Å². The first kappa shape index (κ1) is 12.9. The molecule has 1 N–H and O–H groups in total. The molecule has 100 valence electrons. The van der Waals surface area contributed by atoms with Crippen LogP contribution < -0.4 is 15.1 Å². The van der Waals surface area contributed by atoms with Gasteiger partial charge in [-0.2, -0.15) is 15.0 Å². The summed E-state index contributed by atoms with van der Waals surface area (Å²) in [7, 11) is 3.89. The molecule has 0 aliphatic heterocycles. The van der Waals surface area contributed by atoms with Crippen LogP contribution in [0.1, 0.15) is 26.7 Å². The molecule has 1 saturated carbocycles. The van der Waals surface area contributed by atoms with Crippen molar-refractivity contribution in [2.45, 2.75) is 32.7 Å². The zero-order chi connectivity index (χ0) is 13.1. The summed E-state index contributed by atoms with van der Waals surface area (Å²) < 4.78 is 0. The smallest absolute Gasteiger partial charge is 0.232 e. The molecule has 1 fully saturated rings. The fourth-order valence-electron chi connectivity index (χ4n) is 1.87. The molecule has 6 heteroatoms. The van der Waals surface area contributed by atoms with Gasteiger partial charge in [-0.3, -0.25) is 0 Å². The molecule has 1 aromatic rings. The number of rotatable bonds is 6. The molecule has 0 unspecified atom stereocenters. The summed E-state index contributed by atoms with van der Waals surface area (Å²) >= 11 is 0. The Morgan fingerprint density at radius 3 is 2.28 bits per heavy atom. The van der Waals surface area contributed by atoms with Gasteiger partial charge in [0.15, 0.2) is 0 Å². The Morgan fingerprint density at radius 1 is 1.11 bits per heavy atom. The van der Waals surface area contributed by atoms with Gasteiger partial charge in [0.2, 0.25) is 17.8 Å². The van der Waals surface area contributed by atoms with Gasteiger partial charge in [-0.05, 0) is 26.7 Å². The molecule has 0 radical (unpaired) electrons. The fourth-order valence-corrected chi connectivity index (χ4v) is 1.87. The lowest BCUT2D eigenvalue weighted by atomic mass is 10.5. The summed E-state index contributed by atoms with van der Waals surface area (Å²) in [5.41, 5.74) is 0. The van der Waals surface area contributed by atoms with Gasteiger partial charge in [0.25, 0.3) is 0 Å². The Bertz CT molecular complexity index is 402. The van der Waals surface area contributed by atoms with E-state index in [0.29, 0.717) is 17.9 Å². The molecule has 0 spiro atoms. The molecule has 6 nitrogen and oxygen atoms in total. The van der Waals surface area contributed by atoms with Crippen molar-refractivity contribution < 1.29 is 0 Å². The summed E-state index contributed by atoms with van der Waals surface area (Å²) in [6, 6.07) is 0.613. The van der Waals surface area contributed by atoms with Gasteiger partial charge in [-0.25, -0.2) is 0 Å². The predicted molar refractivity (Wildman–Crippen MR) is 74.4 cm³/mol. The Morgan fingerprint density at radius 2 is 1.78 bits per heavy atom. The van der Waals surface area contributed by atoms with Crippen molar-refractivity contribution in [2.75, 3.05) is 42.3 Å². The van der Waals surface area contributed by atoms with Crippen LogP contribution in [0.4, 0.5) is 17.8 Å². The second-order valence-electron chi connectivity index (χ2n) is 4.70. The van der Waals surface area contributed by atoms with Crippen LogP contribution in [0.25, 0.3) is 0 Å². The van der Waals surface area contributed by atoms with E-state index in [-0.39, 0.29) is 0 Å².